The van der Waals surface area contributed by atoms with E-state index >= 15 is 0 Å². The molecule has 19 heavy (non-hydrogen) atoms. The number of rotatable bonds is 2. The number of halogens is 1. The highest BCUT2D eigenvalue weighted by Crippen LogP contribution is 2.26. The maximum Gasteiger partial charge on any atom is 0.256 e. The highest BCUT2D eigenvalue weighted by atomic mass is 79.9. The zero-order valence-electron chi connectivity index (χ0n) is 10.8. The second-order valence-electron chi connectivity index (χ2n) is 4.46. The van der Waals surface area contributed by atoms with Crippen molar-refractivity contribution in [1.29, 1.82) is 0 Å². The minimum absolute atomic E-state index is 0.123. The molecule has 0 spiro atoms. The fourth-order valence-electron chi connectivity index (χ4n) is 2.00. The van der Waals surface area contributed by atoms with Crippen molar-refractivity contribution in [3.8, 4) is 0 Å². The molecule has 0 bridgehead atoms. The topological polar surface area (TPSA) is 55.1 Å². The Labute approximate surface area is 121 Å². The smallest absolute Gasteiger partial charge is 0.256 e. The Morgan fingerprint density at radius 1 is 1.16 bits per heavy atom. The number of carbonyl (C=O) groups is 1. The van der Waals surface area contributed by atoms with Crippen molar-refractivity contribution >= 4 is 33.2 Å². The van der Waals surface area contributed by atoms with Crippen LogP contribution in [-0.2, 0) is 0 Å². The van der Waals surface area contributed by atoms with E-state index in [9.17, 15) is 4.79 Å². The summed E-state index contributed by atoms with van der Waals surface area (Å²) in [6, 6.07) is 11.1. The van der Waals surface area contributed by atoms with Crippen molar-refractivity contribution < 1.29 is 4.79 Å². The van der Waals surface area contributed by atoms with Crippen molar-refractivity contribution in [2.75, 3.05) is 11.1 Å². The highest BCUT2D eigenvalue weighted by molar-refractivity contribution is 9.10. The molecular weight excluding hydrogens is 304 g/mol. The molecule has 98 valence electrons. The molecule has 1 amide bonds. The Morgan fingerprint density at radius 3 is 2.42 bits per heavy atom. The average molecular weight is 319 g/mol. The van der Waals surface area contributed by atoms with Crippen LogP contribution in [-0.4, -0.2) is 5.91 Å². The van der Waals surface area contributed by atoms with E-state index in [1.54, 1.807) is 12.1 Å². The van der Waals surface area contributed by atoms with Crippen molar-refractivity contribution in [2.45, 2.75) is 13.8 Å². The summed E-state index contributed by atoms with van der Waals surface area (Å²) in [6.45, 7) is 3.85. The van der Waals surface area contributed by atoms with Gasteiger partial charge in [-0.05, 0) is 59.1 Å². The number of benzene rings is 2. The van der Waals surface area contributed by atoms with Gasteiger partial charge in [-0.1, -0.05) is 18.2 Å². The van der Waals surface area contributed by atoms with Gasteiger partial charge in [0.2, 0.25) is 0 Å². The second kappa shape index (κ2) is 5.45. The van der Waals surface area contributed by atoms with Gasteiger partial charge in [0, 0.05) is 15.7 Å². The van der Waals surface area contributed by atoms with Gasteiger partial charge in [-0.25, -0.2) is 0 Å². The van der Waals surface area contributed by atoms with Crippen LogP contribution in [0.1, 0.15) is 21.5 Å². The van der Waals surface area contributed by atoms with Crippen molar-refractivity contribution in [3.63, 3.8) is 0 Å². The second-order valence-corrected chi connectivity index (χ2v) is 5.31. The molecule has 0 aliphatic rings. The number of aryl methyl sites for hydroxylation is 2. The monoisotopic (exact) mass is 318 g/mol. The minimum Gasteiger partial charge on any atom is -0.399 e. The van der Waals surface area contributed by atoms with Gasteiger partial charge in [0.15, 0.2) is 0 Å². The third kappa shape index (κ3) is 2.96. The fourth-order valence-corrected chi connectivity index (χ4v) is 2.34. The molecule has 0 saturated carbocycles. The third-order valence-electron chi connectivity index (χ3n) is 2.95. The van der Waals surface area contributed by atoms with Crippen LogP contribution in [0.2, 0.25) is 0 Å². The summed E-state index contributed by atoms with van der Waals surface area (Å²) in [6.07, 6.45) is 0. The molecule has 0 aliphatic carbocycles. The van der Waals surface area contributed by atoms with E-state index in [0.717, 1.165) is 15.6 Å². The van der Waals surface area contributed by atoms with Gasteiger partial charge in [-0.3, -0.25) is 4.79 Å². The van der Waals surface area contributed by atoms with Gasteiger partial charge in [0.1, 0.15) is 0 Å². The van der Waals surface area contributed by atoms with Crippen LogP contribution in [0.5, 0.6) is 0 Å². The Bertz CT molecular complexity index is 618. The molecule has 0 heterocycles. The van der Waals surface area contributed by atoms with E-state index in [-0.39, 0.29) is 5.91 Å². The van der Waals surface area contributed by atoms with Crippen LogP contribution in [0, 0.1) is 13.8 Å². The lowest BCUT2D eigenvalue weighted by molar-refractivity contribution is 0.102. The molecule has 0 saturated heterocycles. The van der Waals surface area contributed by atoms with Gasteiger partial charge < -0.3 is 11.1 Å². The number of amides is 1. The van der Waals surface area contributed by atoms with Crippen LogP contribution in [0.15, 0.2) is 40.9 Å². The Hall–Kier alpha value is -1.81. The van der Waals surface area contributed by atoms with Crippen molar-refractivity contribution in [1.82, 2.24) is 0 Å². The molecule has 4 heteroatoms. The predicted octanol–water partition coefficient (Wildman–Crippen LogP) is 3.90. The number of nitrogens with one attached hydrogen (secondary N) is 1. The predicted molar refractivity (Wildman–Crippen MR) is 82.4 cm³/mol. The largest absolute Gasteiger partial charge is 0.399 e. The van der Waals surface area contributed by atoms with E-state index in [1.807, 2.05) is 38.1 Å². The summed E-state index contributed by atoms with van der Waals surface area (Å²) in [4.78, 5) is 12.3. The van der Waals surface area contributed by atoms with E-state index in [0.29, 0.717) is 16.9 Å². The maximum atomic E-state index is 12.3. The molecule has 0 atom stereocenters. The first-order valence-corrected chi connectivity index (χ1v) is 6.71. The van der Waals surface area contributed by atoms with E-state index < -0.39 is 0 Å². The number of nitrogens with two attached hydrogens (primary N) is 1. The molecule has 3 nitrogen and oxygen atoms in total. The molecule has 2 rings (SSSR count). The minimum atomic E-state index is -0.123. The summed E-state index contributed by atoms with van der Waals surface area (Å²) in [5.74, 6) is -0.123. The van der Waals surface area contributed by atoms with Crippen LogP contribution < -0.4 is 11.1 Å². The first kappa shape index (κ1) is 13.6. The zero-order chi connectivity index (χ0) is 14.0. The summed E-state index contributed by atoms with van der Waals surface area (Å²) in [7, 11) is 0. The van der Waals surface area contributed by atoms with Crippen LogP contribution in [0.25, 0.3) is 0 Å². The third-order valence-corrected chi connectivity index (χ3v) is 3.64. The Kier molecular flexibility index (Phi) is 3.90. The molecule has 0 unspecified atom stereocenters. The molecular formula is C15H15BrN2O. The lowest BCUT2D eigenvalue weighted by Gasteiger charge is -2.12. The lowest BCUT2D eigenvalue weighted by atomic mass is 10.0. The summed E-state index contributed by atoms with van der Waals surface area (Å²) < 4.78 is 0.807. The quantitative estimate of drug-likeness (QED) is 0.825. The zero-order valence-corrected chi connectivity index (χ0v) is 12.4. The first-order chi connectivity index (χ1) is 8.99. The number of carbonyl (C=O) groups excluding carboxylic acids is 1. The van der Waals surface area contributed by atoms with Crippen LogP contribution in [0.4, 0.5) is 11.4 Å². The number of hydrogen-bond acceptors (Lipinski definition) is 2. The summed E-state index contributed by atoms with van der Waals surface area (Å²) in [5.41, 5.74) is 9.63. The van der Waals surface area contributed by atoms with Gasteiger partial charge in [0.25, 0.3) is 5.91 Å². The van der Waals surface area contributed by atoms with E-state index in [1.165, 1.54) is 0 Å². The van der Waals surface area contributed by atoms with Crippen molar-refractivity contribution in [2.24, 2.45) is 0 Å². The molecule has 2 aromatic carbocycles. The maximum absolute atomic E-state index is 12.3. The number of anilines is 2. The molecule has 0 radical (unpaired) electrons. The number of nitrogen functional groups attached to an aromatic ring is 1. The summed E-state index contributed by atoms with van der Waals surface area (Å²) in [5, 5.41) is 2.88. The SMILES string of the molecule is Cc1cccc(C)c1C(=O)Nc1cc(N)ccc1Br. The molecule has 3 N–H and O–H groups in total. The fraction of sp³-hybridized carbons (Fsp3) is 0.133. The summed E-state index contributed by atoms with van der Waals surface area (Å²) >= 11 is 3.40. The van der Waals surface area contributed by atoms with Gasteiger partial charge >= 0.3 is 0 Å². The molecule has 0 aliphatic heterocycles. The van der Waals surface area contributed by atoms with Gasteiger partial charge in [-0.2, -0.15) is 0 Å². The van der Waals surface area contributed by atoms with Crippen LogP contribution in [0.3, 0.4) is 0 Å². The highest BCUT2D eigenvalue weighted by Gasteiger charge is 2.13. The Morgan fingerprint density at radius 2 is 1.79 bits per heavy atom. The average Bonchev–Trinajstić information content (AvgIpc) is 2.33. The van der Waals surface area contributed by atoms with E-state index in [2.05, 4.69) is 21.2 Å². The molecule has 0 fully saturated rings. The molecule has 0 aromatic heterocycles. The van der Waals surface area contributed by atoms with E-state index in [4.69, 9.17) is 5.73 Å². The Balaban J connectivity index is 2.34. The first-order valence-electron chi connectivity index (χ1n) is 5.91. The standard InChI is InChI=1S/C15H15BrN2O/c1-9-4-3-5-10(2)14(9)15(19)18-13-8-11(17)6-7-12(13)16/h3-8H,17H2,1-2H3,(H,18,19). The molecule has 2 aromatic rings. The lowest BCUT2D eigenvalue weighted by Crippen LogP contribution is -2.15. The van der Waals surface area contributed by atoms with Crippen molar-refractivity contribution in [3.05, 3.63) is 57.6 Å². The van der Waals surface area contributed by atoms with Crippen LogP contribution >= 0.6 is 15.9 Å². The number of hydrogen-bond donors (Lipinski definition) is 2. The van der Waals surface area contributed by atoms with Gasteiger partial charge in [0.05, 0.1) is 5.69 Å². The van der Waals surface area contributed by atoms with Gasteiger partial charge in [-0.15, -0.1) is 0 Å². The normalized spacial score (nSPS) is 10.3.